The first-order valence-corrected chi connectivity index (χ1v) is 5.92. The van der Waals surface area contributed by atoms with Crippen LogP contribution in [0.25, 0.3) is 0 Å². The molecule has 0 bridgehead atoms. The minimum Gasteiger partial charge on any atom is -0.384 e. The summed E-state index contributed by atoms with van der Waals surface area (Å²) < 4.78 is 5.37. The molecule has 0 aliphatic carbocycles. The first-order chi connectivity index (χ1) is 9.32. The average molecular weight is 278 g/mol. The lowest BCUT2D eigenvalue weighted by Crippen LogP contribution is -2.42. The molecule has 2 heterocycles. The number of hydrogen-bond donors (Lipinski definition) is 1. The average Bonchev–Trinajstić information content (AvgIpc) is 2.79. The van der Waals surface area contributed by atoms with E-state index in [0.29, 0.717) is 0 Å². The SMILES string of the molecule is Cn1c(N)c(C(=O)Cn2cc[n+](C)c2)c(=O)n(C)c1=O. The van der Waals surface area contributed by atoms with Crippen molar-refractivity contribution in [1.82, 2.24) is 13.7 Å². The van der Waals surface area contributed by atoms with E-state index in [0.717, 1.165) is 9.13 Å². The van der Waals surface area contributed by atoms with Crippen molar-refractivity contribution < 1.29 is 9.36 Å². The quantitative estimate of drug-likeness (QED) is 0.528. The maximum Gasteiger partial charge on any atom is 0.332 e. The predicted octanol–water partition coefficient (Wildman–Crippen LogP) is -1.82. The third kappa shape index (κ3) is 2.15. The van der Waals surface area contributed by atoms with Crippen molar-refractivity contribution in [1.29, 1.82) is 0 Å². The minimum absolute atomic E-state index is 0.0154. The van der Waals surface area contributed by atoms with E-state index in [1.165, 1.54) is 14.1 Å². The number of aromatic nitrogens is 4. The van der Waals surface area contributed by atoms with Crippen molar-refractivity contribution >= 4 is 11.6 Å². The summed E-state index contributed by atoms with van der Waals surface area (Å²) in [6, 6.07) is 0. The Balaban J connectivity index is 2.50. The van der Waals surface area contributed by atoms with Crippen LogP contribution in [0.4, 0.5) is 5.82 Å². The van der Waals surface area contributed by atoms with Crippen LogP contribution in [0.2, 0.25) is 0 Å². The van der Waals surface area contributed by atoms with Gasteiger partial charge in [-0.25, -0.2) is 13.9 Å². The Hall–Kier alpha value is -2.64. The van der Waals surface area contributed by atoms with Crippen LogP contribution in [-0.4, -0.2) is 19.5 Å². The van der Waals surface area contributed by atoms with Crippen molar-refractivity contribution in [2.75, 3.05) is 5.73 Å². The van der Waals surface area contributed by atoms with Crippen molar-refractivity contribution in [2.24, 2.45) is 21.1 Å². The highest BCUT2D eigenvalue weighted by Gasteiger charge is 2.21. The van der Waals surface area contributed by atoms with Gasteiger partial charge in [-0.05, 0) is 0 Å². The van der Waals surface area contributed by atoms with Gasteiger partial charge in [-0.15, -0.1) is 0 Å². The molecule has 2 aromatic heterocycles. The fraction of sp³-hybridized carbons (Fsp3) is 0.333. The second kappa shape index (κ2) is 4.80. The van der Waals surface area contributed by atoms with Crippen LogP contribution in [0, 0.1) is 0 Å². The number of imidazole rings is 1. The smallest absolute Gasteiger partial charge is 0.332 e. The van der Waals surface area contributed by atoms with Gasteiger partial charge in [0.25, 0.3) is 5.56 Å². The van der Waals surface area contributed by atoms with Crippen LogP contribution in [0.15, 0.2) is 28.3 Å². The van der Waals surface area contributed by atoms with Gasteiger partial charge in [-0.3, -0.25) is 18.7 Å². The lowest BCUT2D eigenvalue weighted by molar-refractivity contribution is -0.671. The molecule has 0 aromatic carbocycles. The number of hydrogen-bond acceptors (Lipinski definition) is 4. The number of Topliss-reactive ketones (excluding diaryl/α,β-unsaturated/α-hetero) is 1. The van der Waals surface area contributed by atoms with Gasteiger partial charge in [0.2, 0.25) is 12.1 Å². The number of aryl methyl sites for hydroxylation is 1. The maximum absolute atomic E-state index is 12.2. The third-order valence-electron chi connectivity index (χ3n) is 3.14. The van der Waals surface area contributed by atoms with Crippen molar-refractivity contribution in [3.05, 3.63) is 45.1 Å². The van der Waals surface area contributed by atoms with Gasteiger partial charge in [-0.2, -0.15) is 0 Å². The van der Waals surface area contributed by atoms with Crippen LogP contribution >= 0.6 is 0 Å². The summed E-state index contributed by atoms with van der Waals surface area (Å²) in [6.45, 7) is -0.0154. The second-order valence-corrected chi connectivity index (χ2v) is 4.64. The molecule has 8 nitrogen and oxygen atoms in total. The predicted molar refractivity (Wildman–Crippen MR) is 71.3 cm³/mol. The highest BCUT2D eigenvalue weighted by molar-refractivity contribution is 5.99. The summed E-state index contributed by atoms with van der Waals surface area (Å²) in [5.41, 5.74) is 4.33. The van der Waals surface area contributed by atoms with Crippen LogP contribution in [0.5, 0.6) is 0 Å². The molecule has 0 amide bonds. The zero-order valence-corrected chi connectivity index (χ0v) is 11.5. The second-order valence-electron chi connectivity index (χ2n) is 4.64. The summed E-state index contributed by atoms with van der Waals surface area (Å²) in [7, 11) is 4.56. The van der Waals surface area contributed by atoms with E-state index >= 15 is 0 Å². The number of carbonyl (C=O) groups excluding carboxylic acids is 1. The van der Waals surface area contributed by atoms with Crippen molar-refractivity contribution in [2.45, 2.75) is 6.54 Å². The maximum atomic E-state index is 12.2. The molecular weight excluding hydrogens is 262 g/mol. The molecule has 2 aromatic rings. The molecule has 0 saturated carbocycles. The molecule has 0 aliphatic heterocycles. The highest BCUT2D eigenvalue weighted by Crippen LogP contribution is 2.05. The highest BCUT2D eigenvalue weighted by atomic mass is 16.2. The summed E-state index contributed by atoms with van der Waals surface area (Å²) in [5.74, 6) is -0.547. The van der Waals surface area contributed by atoms with E-state index in [1.54, 1.807) is 27.9 Å². The standard InChI is InChI=1S/C12H15N5O3/c1-14-4-5-17(7-14)6-8(18)9-10(13)15(2)12(20)16(3)11(9)19/h4-5,7H,6H2,1-3H3,(H-,13,18,19)/p+1. The minimum atomic E-state index is -0.674. The molecule has 0 atom stereocenters. The first kappa shape index (κ1) is 13.8. The molecule has 0 saturated heterocycles. The molecule has 8 heteroatoms. The Morgan fingerprint density at radius 2 is 1.95 bits per heavy atom. The van der Waals surface area contributed by atoms with Crippen molar-refractivity contribution in [3.8, 4) is 0 Å². The molecule has 0 unspecified atom stereocenters. The summed E-state index contributed by atoms with van der Waals surface area (Å²) in [6.07, 6.45) is 5.19. The molecule has 0 spiro atoms. The molecule has 2 N–H and O–H groups in total. The molecule has 106 valence electrons. The summed E-state index contributed by atoms with van der Waals surface area (Å²) in [5, 5.41) is 0. The van der Waals surface area contributed by atoms with Crippen LogP contribution in [0.1, 0.15) is 10.4 Å². The molecule has 0 aliphatic rings. The summed E-state index contributed by atoms with van der Waals surface area (Å²) in [4.78, 5) is 35.9. The molecule has 2 rings (SSSR count). The number of carbonyl (C=O) groups is 1. The third-order valence-corrected chi connectivity index (χ3v) is 3.14. The largest absolute Gasteiger partial charge is 0.384 e. The Kier molecular flexibility index (Phi) is 3.31. The topological polar surface area (TPSA) is 95.9 Å². The Bertz CT molecular complexity index is 796. The summed E-state index contributed by atoms with van der Waals surface area (Å²) >= 11 is 0. The fourth-order valence-electron chi connectivity index (χ4n) is 1.96. The van der Waals surface area contributed by atoms with Gasteiger partial charge in [0.05, 0.1) is 7.05 Å². The van der Waals surface area contributed by atoms with Gasteiger partial charge in [0.1, 0.15) is 23.8 Å². The number of nitrogens with zero attached hydrogens (tertiary/aromatic N) is 4. The lowest BCUT2D eigenvalue weighted by Gasteiger charge is -2.09. The van der Waals surface area contributed by atoms with E-state index in [-0.39, 0.29) is 17.9 Å². The van der Waals surface area contributed by atoms with Crippen LogP contribution in [0.3, 0.4) is 0 Å². The van der Waals surface area contributed by atoms with E-state index in [4.69, 9.17) is 5.73 Å². The zero-order chi connectivity index (χ0) is 15.0. The first-order valence-electron chi connectivity index (χ1n) is 5.92. The van der Waals surface area contributed by atoms with Gasteiger partial charge >= 0.3 is 5.69 Å². The Morgan fingerprint density at radius 3 is 2.50 bits per heavy atom. The van der Waals surface area contributed by atoms with E-state index in [2.05, 4.69) is 0 Å². The zero-order valence-electron chi connectivity index (χ0n) is 11.5. The Morgan fingerprint density at radius 1 is 1.30 bits per heavy atom. The molecule has 0 fully saturated rings. The van der Waals surface area contributed by atoms with E-state index in [9.17, 15) is 14.4 Å². The fourth-order valence-corrected chi connectivity index (χ4v) is 1.96. The molecular formula is C12H16N5O3+. The van der Waals surface area contributed by atoms with Gasteiger partial charge in [0, 0.05) is 14.1 Å². The van der Waals surface area contributed by atoms with E-state index in [1.807, 2.05) is 7.05 Å². The number of ketones is 1. The molecule has 20 heavy (non-hydrogen) atoms. The van der Waals surface area contributed by atoms with Gasteiger partial charge in [0.15, 0.2) is 6.54 Å². The number of nitrogens with two attached hydrogens (primary N) is 1. The van der Waals surface area contributed by atoms with Gasteiger partial charge < -0.3 is 5.73 Å². The number of nitrogen functional groups attached to an aromatic ring is 1. The van der Waals surface area contributed by atoms with Crippen molar-refractivity contribution in [3.63, 3.8) is 0 Å². The lowest BCUT2D eigenvalue weighted by atomic mass is 10.2. The van der Waals surface area contributed by atoms with Crippen LogP contribution < -0.4 is 21.5 Å². The van der Waals surface area contributed by atoms with E-state index < -0.39 is 17.0 Å². The molecule has 0 radical (unpaired) electrons. The number of rotatable bonds is 3. The number of anilines is 1. The van der Waals surface area contributed by atoms with Gasteiger partial charge in [-0.1, -0.05) is 0 Å². The monoisotopic (exact) mass is 278 g/mol. The van der Waals surface area contributed by atoms with Crippen LogP contribution in [-0.2, 0) is 27.7 Å². The normalized spacial score (nSPS) is 10.8. The Labute approximate surface area is 114 Å².